The second kappa shape index (κ2) is 4.92. The number of nitrogens with zero attached hydrogens (tertiary/aromatic N) is 2. The van der Waals surface area contributed by atoms with Crippen LogP contribution in [0.15, 0.2) is 11.0 Å². The molecule has 3 heterocycles. The largest absolute Gasteiger partial charge is 0.335 e. The average molecular weight is 298 g/mol. The summed E-state index contributed by atoms with van der Waals surface area (Å²) >= 11 is 11.0. The summed E-state index contributed by atoms with van der Waals surface area (Å²) in [6.07, 6.45) is 2.35. The van der Waals surface area contributed by atoms with E-state index in [-0.39, 0.29) is 5.56 Å². The summed E-state index contributed by atoms with van der Waals surface area (Å²) in [5, 5.41) is 7.37. The molecule has 19 heavy (non-hydrogen) atoms. The molecule has 0 saturated carbocycles. The Morgan fingerprint density at radius 2 is 2.32 bits per heavy atom. The normalized spacial score (nSPS) is 15.4. The lowest BCUT2D eigenvalue weighted by Crippen LogP contribution is -2.35. The third kappa shape index (κ3) is 2.49. The third-order valence-corrected chi connectivity index (χ3v) is 3.77. The quantitative estimate of drug-likeness (QED) is 0.731. The van der Waals surface area contributed by atoms with Gasteiger partial charge in [0, 0.05) is 31.7 Å². The smallest absolute Gasteiger partial charge is 0.256 e. The molecule has 0 bridgehead atoms. The maximum absolute atomic E-state index is 11.9. The molecule has 8 heteroatoms. The van der Waals surface area contributed by atoms with Crippen molar-refractivity contribution in [1.29, 1.82) is 0 Å². The maximum atomic E-state index is 11.9. The second-order valence-electron chi connectivity index (χ2n) is 4.52. The number of rotatable bonds is 2. The minimum absolute atomic E-state index is 0.112. The Balaban J connectivity index is 1.85. The van der Waals surface area contributed by atoms with Gasteiger partial charge in [0.15, 0.2) is 4.77 Å². The van der Waals surface area contributed by atoms with Crippen LogP contribution in [-0.4, -0.2) is 31.6 Å². The van der Waals surface area contributed by atoms with Crippen molar-refractivity contribution in [3.05, 3.63) is 43.3 Å². The van der Waals surface area contributed by atoms with E-state index >= 15 is 0 Å². The van der Waals surface area contributed by atoms with E-state index in [0.717, 1.165) is 29.9 Å². The molecule has 0 spiro atoms. The van der Waals surface area contributed by atoms with E-state index in [0.29, 0.717) is 22.9 Å². The van der Waals surface area contributed by atoms with Crippen molar-refractivity contribution in [2.24, 2.45) is 0 Å². The monoisotopic (exact) mass is 297 g/mol. The Morgan fingerprint density at radius 3 is 3.05 bits per heavy atom. The van der Waals surface area contributed by atoms with Crippen LogP contribution < -0.4 is 5.56 Å². The van der Waals surface area contributed by atoms with Gasteiger partial charge in [0.1, 0.15) is 0 Å². The van der Waals surface area contributed by atoms with E-state index < -0.39 is 0 Å². The van der Waals surface area contributed by atoms with Crippen LogP contribution in [0.4, 0.5) is 0 Å². The van der Waals surface area contributed by atoms with Crippen LogP contribution in [0.25, 0.3) is 0 Å². The molecule has 0 atom stereocenters. The summed E-state index contributed by atoms with van der Waals surface area (Å²) in [6.45, 7) is 2.07. The van der Waals surface area contributed by atoms with Crippen molar-refractivity contribution in [2.45, 2.75) is 19.5 Å². The second-order valence-corrected chi connectivity index (χ2v) is 5.34. The zero-order valence-corrected chi connectivity index (χ0v) is 11.6. The third-order valence-electron chi connectivity index (χ3n) is 3.24. The average Bonchev–Trinajstić information content (AvgIpc) is 2.76. The topological polar surface area (TPSA) is 80.6 Å². The Bertz CT molecular complexity index is 718. The zero-order valence-electron chi connectivity index (χ0n) is 9.99. The van der Waals surface area contributed by atoms with Gasteiger partial charge >= 0.3 is 0 Å². The summed E-state index contributed by atoms with van der Waals surface area (Å²) in [4.78, 5) is 19.7. The summed E-state index contributed by atoms with van der Waals surface area (Å²) in [5.41, 5.74) is 2.43. The molecule has 0 aromatic carbocycles. The maximum Gasteiger partial charge on any atom is 0.256 e. The Morgan fingerprint density at radius 1 is 1.47 bits per heavy atom. The highest BCUT2D eigenvalue weighted by molar-refractivity contribution is 7.71. The number of halogens is 1. The van der Waals surface area contributed by atoms with Crippen LogP contribution in [0, 0.1) is 4.77 Å². The SMILES string of the molecule is O=c1[nH]c(=S)[nH]c2c1CN(Cc1[nH]ncc1Cl)CC2. The van der Waals surface area contributed by atoms with E-state index in [2.05, 4.69) is 25.1 Å². The molecule has 0 fully saturated rings. The van der Waals surface area contributed by atoms with Gasteiger partial charge in [-0.2, -0.15) is 5.10 Å². The summed E-state index contributed by atoms with van der Waals surface area (Å²) in [6, 6.07) is 0. The molecule has 0 radical (unpaired) electrons. The van der Waals surface area contributed by atoms with Gasteiger partial charge in [0.05, 0.1) is 22.5 Å². The van der Waals surface area contributed by atoms with E-state index in [1.165, 1.54) is 0 Å². The highest BCUT2D eigenvalue weighted by Gasteiger charge is 2.20. The van der Waals surface area contributed by atoms with Gasteiger partial charge in [-0.1, -0.05) is 11.6 Å². The number of hydrogen-bond acceptors (Lipinski definition) is 4. The van der Waals surface area contributed by atoms with Gasteiger partial charge in [-0.25, -0.2) is 0 Å². The molecule has 3 rings (SSSR count). The van der Waals surface area contributed by atoms with Gasteiger partial charge in [-0.05, 0) is 12.2 Å². The van der Waals surface area contributed by atoms with Gasteiger partial charge < -0.3 is 4.98 Å². The lowest BCUT2D eigenvalue weighted by atomic mass is 10.1. The van der Waals surface area contributed by atoms with Gasteiger partial charge in [-0.3, -0.25) is 19.8 Å². The number of fused-ring (bicyclic) bond motifs is 1. The molecule has 1 aliphatic rings. The fourth-order valence-electron chi connectivity index (χ4n) is 2.28. The Labute approximate surface area is 118 Å². The first-order valence-electron chi connectivity index (χ1n) is 5.88. The van der Waals surface area contributed by atoms with Crippen molar-refractivity contribution < 1.29 is 0 Å². The number of H-pyrrole nitrogens is 3. The van der Waals surface area contributed by atoms with Crippen LogP contribution in [0.1, 0.15) is 17.0 Å². The number of aromatic amines is 3. The number of hydrogen-bond donors (Lipinski definition) is 3. The molecule has 1 aliphatic heterocycles. The molecule has 3 N–H and O–H groups in total. The predicted octanol–water partition coefficient (Wildman–Crippen LogP) is 1.37. The van der Waals surface area contributed by atoms with E-state index in [1.54, 1.807) is 6.20 Å². The minimum atomic E-state index is -0.112. The van der Waals surface area contributed by atoms with Crippen molar-refractivity contribution in [1.82, 2.24) is 25.1 Å². The summed E-state index contributed by atoms with van der Waals surface area (Å²) in [7, 11) is 0. The lowest BCUT2D eigenvalue weighted by molar-refractivity contribution is 0.239. The molecule has 0 aliphatic carbocycles. The van der Waals surface area contributed by atoms with Crippen molar-refractivity contribution in [3.63, 3.8) is 0 Å². The Hall–Kier alpha value is -1.44. The summed E-state index contributed by atoms with van der Waals surface area (Å²) < 4.78 is 0.383. The first-order valence-corrected chi connectivity index (χ1v) is 6.66. The van der Waals surface area contributed by atoms with Gasteiger partial charge in [-0.15, -0.1) is 0 Å². The minimum Gasteiger partial charge on any atom is -0.335 e. The first-order chi connectivity index (χ1) is 9.13. The fourth-order valence-corrected chi connectivity index (χ4v) is 2.65. The molecule has 0 unspecified atom stereocenters. The van der Waals surface area contributed by atoms with Crippen LogP contribution in [-0.2, 0) is 19.5 Å². The highest BCUT2D eigenvalue weighted by Crippen LogP contribution is 2.18. The molecular formula is C11H12ClN5OS. The van der Waals surface area contributed by atoms with E-state index in [4.69, 9.17) is 23.8 Å². The van der Waals surface area contributed by atoms with Crippen LogP contribution >= 0.6 is 23.8 Å². The zero-order chi connectivity index (χ0) is 13.4. The van der Waals surface area contributed by atoms with Crippen LogP contribution in [0.2, 0.25) is 5.02 Å². The van der Waals surface area contributed by atoms with Crippen LogP contribution in [0.5, 0.6) is 0 Å². The molecule has 0 amide bonds. The van der Waals surface area contributed by atoms with Gasteiger partial charge in [0.2, 0.25) is 0 Å². The van der Waals surface area contributed by atoms with Crippen LogP contribution in [0.3, 0.4) is 0 Å². The molecule has 100 valence electrons. The van der Waals surface area contributed by atoms with Crippen molar-refractivity contribution >= 4 is 23.8 Å². The van der Waals surface area contributed by atoms with Gasteiger partial charge in [0.25, 0.3) is 5.56 Å². The summed E-state index contributed by atoms with van der Waals surface area (Å²) in [5.74, 6) is 0. The first kappa shape index (κ1) is 12.6. The van der Waals surface area contributed by atoms with Crippen molar-refractivity contribution in [3.8, 4) is 0 Å². The molecule has 6 nitrogen and oxygen atoms in total. The van der Waals surface area contributed by atoms with E-state index in [1.807, 2.05) is 0 Å². The standard InChI is InChI=1S/C11H12ClN5OS/c12-7-3-13-16-9(7)5-17-2-1-8-6(4-17)10(18)15-11(19)14-8/h3H,1-2,4-5H2,(H,13,16)(H2,14,15,18,19). The molecule has 2 aromatic rings. The molecule has 2 aromatic heterocycles. The van der Waals surface area contributed by atoms with Crippen molar-refractivity contribution in [2.75, 3.05) is 6.54 Å². The van der Waals surface area contributed by atoms with E-state index in [9.17, 15) is 4.79 Å². The number of nitrogens with one attached hydrogen (secondary N) is 3. The fraction of sp³-hybridized carbons (Fsp3) is 0.364. The number of aromatic nitrogens is 4. The predicted molar refractivity (Wildman–Crippen MR) is 73.7 cm³/mol. The molecule has 0 saturated heterocycles. The Kier molecular flexibility index (Phi) is 3.26. The molecular weight excluding hydrogens is 286 g/mol. The lowest BCUT2D eigenvalue weighted by Gasteiger charge is -2.27. The highest BCUT2D eigenvalue weighted by atomic mass is 35.5.